The molecule has 94 valence electrons. The normalized spacial score (nSPS) is 17.0. The highest BCUT2D eigenvalue weighted by atomic mass is 32.1. The van der Waals surface area contributed by atoms with Crippen molar-refractivity contribution in [1.82, 2.24) is 4.90 Å². The van der Waals surface area contributed by atoms with Gasteiger partial charge >= 0.3 is 0 Å². The first kappa shape index (κ1) is 11.9. The van der Waals surface area contributed by atoms with Crippen molar-refractivity contribution in [2.45, 2.75) is 18.8 Å². The van der Waals surface area contributed by atoms with Crippen LogP contribution in [0.5, 0.6) is 0 Å². The van der Waals surface area contributed by atoms with Crippen molar-refractivity contribution in [3.63, 3.8) is 0 Å². The molecular weight excluding hydrogens is 262 g/mol. The number of likely N-dealkylation sites (tertiary alicyclic amines) is 1. The van der Waals surface area contributed by atoms with Gasteiger partial charge in [0.2, 0.25) is 0 Å². The summed E-state index contributed by atoms with van der Waals surface area (Å²) in [6.07, 6.45) is 2.19. The molecule has 0 bridgehead atoms. The largest absolute Gasteiger partial charge is 0.338 e. The minimum atomic E-state index is 0.203. The van der Waals surface area contributed by atoms with Crippen LogP contribution in [0.2, 0.25) is 0 Å². The minimum absolute atomic E-state index is 0.203. The molecule has 1 amide bonds. The maximum atomic E-state index is 12.2. The van der Waals surface area contributed by atoms with E-state index in [-0.39, 0.29) is 5.91 Å². The quantitative estimate of drug-likeness (QED) is 0.817. The zero-order valence-corrected chi connectivity index (χ0v) is 11.7. The molecule has 0 spiro atoms. The number of rotatable bonds is 2. The predicted molar refractivity (Wildman–Crippen MR) is 76.5 cm³/mol. The lowest BCUT2D eigenvalue weighted by Crippen LogP contribution is -2.37. The summed E-state index contributed by atoms with van der Waals surface area (Å²) in [6.45, 7) is 1.78. The van der Waals surface area contributed by atoms with Gasteiger partial charge in [-0.2, -0.15) is 0 Å². The number of carbonyl (C=O) groups excluding carboxylic acids is 1. The van der Waals surface area contributed by atoms with Crippen molar-refractivity contribution < 1.29 is 4.79 Å². The van der Waals surface area contributed by atoms with Crippen LogP contribution >= 0.6 is 22.7 Å². The van der Waals surface area contributed by atoms with Crippen LogP contribution in [0.3, 0.4) is 0 Å². The van der Waals surface area contributed by atoms with Crippen molar-refractivity contribution >= 4 is 28.6 Å². The fraction of sp³-hybridized carbons (Fsp3) is 0.357. The predicted octanol–water partition coefficient (Wildman–Crippen LogP) is 3.83. The number of carbonyl (C=O) groups is 1. The minimum Gasteiger partial charge on any atom is -0.338 e. The highest BCUT2D eigenvalue weighted by Crippen LogP contribution is 2.31. The molecule has 1 aliphatic rings. The molecule has 18 heavy (non-hydrogen) atoms. The Balaban J connectivity index is 1.62. The fourth-order valence-electron chi connectivity index (χ4n) is 2.45. The second-order valence-corrected chi connectivity index (χ2v) is 6.49. The van der Waals surface area contributed by atoms with Crippen molar-refractivity contribution in [2.75, 3.05) is 13.1 Å². The number of amides is 1. The molecule has 0 N–H and O–H groups in total. The van der Waals surface area contributed by atoms with Crippen LogP contribution in [0.1, 0.15) is 33.3 Å². The Bertz CT molecular complexity index is 496. The molecule has 0 radical (unpaired) electrons. The summed E-state index contributed by atoms with van der Waals surface area (Å²) < 4.78 is 0. The van der Waals surface area contributed by atoms with Gasteiger partial charge in [-0.25, -0.2) is 0 Å². The molecule has 0 saturated carbocycles. The van der Waals surface area contributed by atoms with E-state index in [4.69, 9.17) is 0 Å². The van der Waals surface area contributed by atoms with Gasteiger partial charge in [0.1, 0.15) is 0 Å². The van der Waals surface area contributed by atoms with Gasteiger partial charge in [-0.05, 0) is 41.7 Å². The number of thiophene rings is 2. The van der Waals surface area contributed by atoms with Gasteiger partial charge < -0.3 is 4.90 Å². The molecule has 1 fully saturated rings. The first-order valence-corrected chi connectivity index (χ1v) is 7.97. The van der Waals surface area contributed by atoms with E-state index in [1.54, 1.807) is 0 Å². The van der Waals surface area contributed by atoms with E-state index in [2.05, 4.69) is 17.5 Å². The standard InChI is InChI=1S/C14H15NOS2/c16-14(13-4-2-10-18-13)15-7-5-11(6-8-15)12-3-1-9-17-12/h1-4,9-11H,5-8H2. The van der Waals surface area contributed by atoms with E-state index in [0.29, 0.717) is 5.92 Å². The smallest absolute Gasteiger partial charge is 0.263 e. The SMILES string of the molecule is O=C(c1cccs1)N1CCC(c2cccs2)CC1. The summed E-state index contributed by atoms with van der Waals surface area (Å²) in [5.74, 6) is 0.854. The first-order chi connectivity index (χ1) is 8.84. The van der Waals surface area contributed by atoms with Crippen molar-refractivity contribution in [3.8, 4) is 0 Å². The Morgan fingerprint density at radius 2 is 1.83 bits per heavy atom. The van der Waals surface area contributed by atoms with Gasteiger partial charge in [-0.15, -0.1) is 22.7 Å². The van der Waals surface area contributed by atoms with E-state index in [1.807, 2.05) is 33.7 Å². The maximum Gasteiger partial charge on any atom is 0.263 e. The van der Waals surface area contributed by atoms with Gasteiger partial charge in [0.25, 0.3) is 5.91 Å². The molecule has 3 heterocycles. The molecule has 0 unspecified atom stereocenters. The summed E-state index contributed by atoms with van der Waals surface area (Å²) in [4.78, 5) is 16.5. The van der Waals surface area contributed by atoms with Crippen molar-refractivity contribution in [2.24, 2.45) is 0 Å². The average molecular weight is 277 g/mol. The van der Waals surface area contributed by atoms with Crippen molar-refractivity contribution in [1.29, 1.82) is 0 Å². The van der Waals surface area contributed by atoms with Crippen LogP contribution in [0.25, 0.3) is 0 Å². The molecular formula is C14H15NOS2. The third-order valence-electron chi connectivity index (χ3n) is 3.46. The Morgan fingerprint density at radius 3 is 2.44 bits per heavy atom. The van der Waals surface area contributed by atoms with Gasteiger partial charge in [0.05, 0.1) is 4.88 Å². The fourth-order valence-corrected chi connectivity index (χ4v) is 4.04. The Kier molecular flexibility index (Phi) is 3.48. The lowest BCUT2D eigenvalue weighted by Gasteiger charge is -2.31. The first-order valence-electron chi connectivity index (χ1n) is 6.21. The third kappa shape index (κ3) is 2.35. The molecule has 1 aliphatic heterocycles. The molecule has 0 aliphatic carbocycles. The topological polar surface area (TPSA) is 20.3 Å². The molecule has 2 aromatic rings. The molecule has 1 saturated heterocycles. The number of hydrogen-bond acceptors (Lipinski definition) is 3. The Hall–Kier alpha value is -1.13. The van der Waals surface area contributed by atoms with Crippen LogP contribution in [-0.4, -0.2) is 23.9 Å². The zero-order valence-electron chi connectivity index (χ0n) is 10.0. The van der Waals surface area contributed by atoms with E-state index in [9.17, 15) is 4.79 Å². The molecule has 2 nitrogen and oxygen atoms in total. The Morgan fingerprint density at radius 1 is 1.11 bits per heavy atom. The van der Waals surface area contributed by atoms with E-state index in [1.165, 1.54) is 16.2 Å². The van der Waals surface area contributed by atoms with E-state index >= 15 is 0 Å². The second kappa shape index (κ2) is 5.24. The monoisotopic (exact) mass is 277 g/mol. The van der Waals surface area contributed by atoms with Crippen molar-refractivity contribution in [3.05, 3.63) is 44.8 Å². The number of piperidine rings is 1. The maximum absolute atomic E-state index is 12.2. The summed E-state index contributed by atoms with van der Waals surface area (Å²) >= 11 is 3.37. The third-order valence-corrected chi connectivity index (χ3v) is 5.35. The van der Waals surface area contributed by atoms with Gasteiger partial charge in [0.15, 0.2) is 0 Å². The zero-order chi connectivity index (χ0) is 12.4. The van der Waals surface area contributed by atoms with Gasteiger partial charge in [-0.1, -0.05) is 12.1 Å². The molecule has 0 aromatic carbocycles. The van der Waals surface area contributed by atoms with Crippen LogP contribution in [0.15, 0.2) is 35.0 Å². The van der Waals surface area contributed by atoms with E-state index in [0.717, 1.165) is 30.8 Å². The average Bonchev–Trinajstić information content (AvgIpc) is 3.11. The molecule has 4 heteroatoms. The number of nitrogens with zero attached hydrogens (tertiary/aromatic N) is 1. The summed E-state index contributed by atoms with van der Waals surface area (Å²) in [5.41, 5.74) is 0. The molecule has 0 atom stereocenters. The van der Waals surface area contributed by atoms with Gasteiger partial charge in [-0.3, -0.25) is 4.79 Å². The highest BCUT2D eigenvalue weighted by Gasteiger charge is 2.25. The second-order valence-electron chi connectivity index (χ2n) is 4.56. The number of hydrogen-bond donors (Lipinski definition) is 0. The van der Waals surface area contributed by atoms with E-state index < -0.39 is 0 Å². The highest BCUT2D eigenvalue weighted by molar-refractivity contribution is 7.12. The summed E-state index contributed by atoms with van der Waals surface area (Å²) in [6, 6.07) is 8.18. The van der Waals surface area contributed by atoms with Crippen LogP contribution < -0.4 is 0 Å². The Labute approximate surface area is 115 Å². The van der Waals surface area contributed by atoms with Gasteiger partial charge in [0, 0.05) is 18.0 Å². The van der Waals surface area contributed by atoms with Crippen LogP contribution in [-0.2, 0) is 0 Å². The van der Waals surface area contributed by atoms with Crippen LogP contribution in [0, 0.1) is 0 Å². The summed E-state index contributed by atoms with van der Waals surface area (Å²) in [7, 11) is 0. The lowest BCUT2D eigenvalue weighted by molar-refractivity contribution is 0.0718. The van der Waals surface area contributed by atoms with Crippen LogP contribution in [0.4, 0.5) is 0 Å². The lowest BCUT2D eigenvalue weighted by atomic mass is 9.95. The molecule has 2 aromatic heterocycles. The summed E-state index contributed by atoms with van der Waals surface area (Å²) in [5, 5.41) is 4.10. The molecule has 3 rings (SSSR count).